The van der Waals surface area contributed by atoms with Crippen LogP contribution in [0.25, 0.3) is 0 Å². The van der Waals surface area contributed by atoms with Gasteiger partial charge in [0.15, 0.2) is 0 Å². The summed E-state index contributed by atoms with van der Waals surface area (Å²) in [5, 5.41) is 0. The molecule has 0 aliphatic rings. The summed E-state index contributed by atoms with van der Waals surface area (Å²) in [6.07, 6.45) is 6.14. The van der Waals surface area contributed by atoms with Crippen molar-refractivity contribution >= 4 is 15.2 Å². The molecule has 0 fully saturated rings. The third-order valence-corrected chi connectivity index (χ3v) is 9.38. The summed E-state index contributed by atoms with van der Waals surface area (Å²) in [5.74, 6) is 0. The van der Waals surface area contributed by atoms with Gasteiger partial charge in [0.1, 0.15) is 7.60 Å². The number of rotatable bonds is 11. The molecule has 1 N–H and O–H groups in total. The molecule has 174 valence electrons. The van der Waals surface area contributed by atoms with Gasteiger partial charge in [-0.2, -0.15) is 0 Å². The van der Waals surface area contributed by atoms with Crippen LogP contribution in [0.15, 0.2) is 59.2 Å². The zero-order valence-electron chi connectivity index (χ0n) is 19.0. The minimum Gasteiger partial charge on any atom is -0.810 e. The summed E-state index contributed by atoms with van der Waals surface area (Å²) in [7, 11) is -11.3. The quantitative estimate of drug-likeness (QED) is 0.388. The first kappa shape index (κ1) is 27.8. The summed E-state index contributed by atoms with van der Waals surface area (Å²) in [6.45, 7) is 9.56. The first-order valence-corrected chi connectivity index (χ1v) is 13.4. The summed E-state index contributed by atoms with van der Waals surface area (Å²) < 4.78 is 24.5. The van der Waals surface area contributed by atoms with E-state index in [1.807, 2.05) is 45.9 Å². The Kier molecular flexibility index (Phi) is 10.4. The van der Waals surface area contributed by atoms with Crippen LogP contribution in [0, 0.1) is 0 Å². The highest BCUT2D eigenvalue weighted by atomic mass is 31.2. The molecule has 1 rings (SSSR count). The van der Waals surface area contributed by atoms with Crippen molar-refractivity contribution in [1.82, 2.24) is 0 Å². The topological polar surface area (TPSA) is 124 Å². The van der Waals surface area contributed by atoms with Gasteiger partial charge in [-0.25, -0.2) is 0 Å². The maximum absolute atomic E-state index is 12.3. The van der Waals surface area contributed by atoms with Crippen LogP contribution >= 0.6 is 15.2 Å². The van der Waals surface area contributed by atoms with Crippen LogP contribution in [0.1, 0.15) is 65.0 Å². The van der Waals surface area contributed by atoms with Gasteiger partial charge in [0.2, 0.25) is 0 Å². The SMILES string of the molecule is CC(C)=CCC/C(C)=C/CC(Cc1cccc(CC=C(C)C)c1)(P(=O)([O-])[O-])P(=O)([O-])O. The standard InChI is InChI=1S/C23H36O6P2/c1-18(2)8-6-9-20(5)14-15-23(30(24,25)26,31(27,28)29)17-22-11-7-10-21(16-22)13-12-19(3)4/h7-8,10-12,14,16H,6,9,13,15,17H2,1-5H3,(H2,24,25,26)(H2,27,28,29)/p-3/b20-14+. The third-order valence-electron chi connectivity index (χ3n) is 5.13. The second-order valence-electron chi connectivity index (χ2n) is 8.56. The molecular weight excluding hydrogens is 434 g/mol. The Balaban J connectivity index is 3.32. The molecule has 0 aliphatic heterocycles. The molecule has 31 heavy (non-hydrogen) atoms. The van der Waals surface area contributed by atoms with E-state index < -0.39 is 32.9 Å². The van der Waals surface area contributed by atoms with Crippen molar-refractivity contribution < 1.29 is 28.7 Å². The fourth-order valence-corrected chi connectivity index (χ4v) is 5.83. The number of hydrogen-bond donors (Lipinski definition) is 1. The van der Waals surface area contributed by atoms with Gasteiger partial charge in [-0.1, -0.05) is 66.8 Å². The molecule has 0 bridgehead atoms. The van der Waals surface area contributed by atoms with Crippen molar-refractivity contribution in [1.29, 1.82) is 0 Å². The van der Waals surface area contributed by atoms with E-state index in [1.165, 1.54) is 6.08 Å². The van der Waals surface area contributed by atoms with Gasteiger partial charge in [0, 0.05) is 0 Å². The van der Waals surface area contributed by atoms with Crippen molar-refractivity contribution in [2.75, 3.05) is 0 Å². The Morgan fingerprint density at radius 1 is 0.968 bits per heavy atom. The summed E-state index contributed by atoms with van der Waals surface area (Å²) in [6, 6.07) is 6.76. The molecule has 0 amide bonds. The fraction of sp³-hybridized carbons (Fsp3) is 0.478. The molecule has 0 heterocycles. The number of benzene rings is 1. The summed E-state index contributed by atoms with van der Waals surface area (Å²) in [5.41, 5.74) is 4.22. The Morgan fingerprint density at radius 2 is 1.55 bits per heavy atom. The average Bonchev–Trinajstić information content (AvgIpc) is 2.61. The minimum atomic E-state index is -5.73. The van der Waals surface area contributed by atoms with Gasteiger partial charge >= 0.3 is 0 Å². The van der Waals surface area contributed by atoms with Gasteiger partial charge in [-0.05, 0) is 77.8 Å². The molecule has 0 saturated carbocycles. The lowest BCUT2D eigenvalue weighted by Crippen LogP contribution is -2.43. The fourth-order valence-electron chi connectivity index (χ4n) is 3.19. The highest BCUT2D eigenvalue weighted by Crippen LogP contribution is 2.66. The first-order chi connectivity index (χ1) is 14.2. The molecule has 8 heteroatoms. The van der Waals surface area contributed by atoms with E-state index in [-0.39, 0.29) is 0 Å². The third kappa shape index (κ3) is 8.65. The monoisotopic (exact) mass is 467 g/mol. The summed E-state index contributed by atoms with van der Waals surface area (Å²) in [4.78, 5) is 43.8. The Labute approximate surface area is 186 Å². The van der Waals surface area contributed by atoms with Crippen molar-refractivity contribution in [2.24, 2.45) is 0 Å². The molecular formula is C23H33O6P2-3. The van der Waals surface area contributed by atoms with Crippen LogP contribution < -0.4 is 14.7 Å². The molecule has 0 spiro atoms. The first-order valence-electron chi connectivity index (χ1n) is 10.2. The second kappa shape index (κ2) is 11.6. The van der Waals surface area contributed by atoms with Gasteiger partial charge < -0.3 is 28.7 Å². The molecule has 0 aromatic heterocycles. The van der Waals surface area contributed by atoms with Crippen molar-refractivity contribution in [3.05, 3.63) is 70.3 Å². The highest BCUT2D eigenvalue weighted by Gasteiger charge is 2.42. The van der Waals surface area contributed by atoms with Crippen molar-refractivity contribution in [2.45, 2.75) is 71.6 Å². The van der Waals surface area contributed by atoms with Crippen LogP contribution in [-0.2, 0) is 22.0 Å². The Bertz CT molecular complexity index is 903. The van der Waals surface area contributed by atoms with Gasteiger partial charge in [-0.15, -0.1) is 0 Å². The average molecular weight is 467 g/mol. The lowest BCUT2D eigenvalue weighted by atomic mass is 10.0. The molecule has 0 saturated heterocycles. The molecule has 6 nitrogen and oxygen atoms in total. The highest BCUT2D eigenvalue weighted by molar-refractivity contribution is 7.70. The van der Waals surface area contributed by atoms with Crippen molar-refractivity contribution in [3.8, 4) is 0 Å². The summed E-state index contributed by atoms with van der Waals surface area (Å²) >= 11 is 0. The van der Waals surface area contributed by atoms with Crippen LogP contribution in [0.3, 0.4) is 0 Å². The zero-order valence-corrected chi connectivity index (χ0v) is 20.7. The van der Waals surface area contributed by atoms with E-state index in [2.05, 4.69) is 0 Å². The van der Waals surface area contributed by atoms with E-state index in [1.54, 1.807) is 25.1 Å². The predicted molar refractivity (Wildman–Crippen MR) is 120 cm³/mol. The van der Waals surface area contributed by atoms with E-state index >= 15 is 0 Å². The van der Waals surface area contributed by atoms with Gasteiger partial charge in [-0.3, -0.25) is 0 Å². The molecule has 2 atom stereocenters. The molecule has 1 aromatic rings. The maximum Gasteiger partial charge on any atom is 0.144 e. The van der Waals surface area contributed by atoms with E-state index in [0.29, 0.717) is 24.8 Å². The predicted octanol–water partition coefficient (Wildman–Crippen LogP) is 3.98. The normalized spacial score (nSPS) is 16.2. The molecule has 0 radical (unpaired) electrons. The smallest absolute Gasteiger partial charge is 0.144 e. The van der Waals surface area contributed by atoms with Gasteiger partial charge in [0.25, 0.3) is 0 Å². The Morgan fingerprint density at radius 3 is 2.06 bits per heavy atom. The van der Waals surface area contributed by atoms with Crippen LogP contribution in [0.2, 0.25) is 0 Å². The molecule has 1 aromatic carbocycles. The van der Waals surface area contributed by atoms with Crippen molar-refractivity contribution in [3.63, 3.8) is 0 Å². The van der Waals surface area contributed by atoms with E-state index in [9.17, 15) is 28.7 Å². The van der Waals surface area contributed by atoms with E-state index in [0.717, 1.165) is 22.3 Å². The Hall–Kier alpha value is -1.26. The van der Waals surface area contributed by atoms with Crippen LogP contribution in [0.5, 0.6) is 0 Å². The lowest BCUT2D eigenvalue weighted by molar-refractivity contribution is -0.320. The lowest BCUT2D eigenvalue weighted by Gasteiger charge is -2.53. The largest absolute Gasteiger partial charge is 0.810 e. The number of allylic oxidation sites excluding steroid dienone is 6. The maximum atomic E-state index is 12.3. The second-order valence-corrected chi connectivity index (χ2v) is 12.7. The zero-order chi connectivity index (χ0) is 23.9. The molecule has 0 aliphatic carbocycles. The van der Waals surface area contributed by atoms with Crippen LogP contribution in [0.4, 0.5) is 0 Å². The number of hydrogen-bond acceptors (Lipinski definition) is 5. The van der Waals surface area contributed by atoms with E-state index in [4.69, 9.17) is 0 Å². The van der Waals surface area contributed by atoms with Crippen LogP contribution in [-0.4, -0.2) is 9.79 Å². The van der Waals surface area contributed by atoms with Gasteiger partial charge in [0.05, 0.1) is 4.90 Å². The molecule has 2 unspecified atom stereocenters. The minimum absolute atomic E-state index is 0.368.